The molecule has 0 saturated carbocycles. The molecule has 0 bridgehead atoms. The summed E-state index contributed by atoms with van der Waals surface area (Å²) in [5, 5.41) is 11.4. The minimum absolute atomic E-state index is 0.0322. The van der Waals surface area contributed by atoms with Gasteiger partial charge in [0, 0.05) is 37.5 Å². The fourth-order valence-electron chi connectivity index (χ4n) is 2.34. The number of alkyl halides is 3. The van der Waals surface area contributed by atoms with Gasteiger partial charge < -0.3 is 10.0 Å². The number of carboxylic acid groups (broad SMARTS) is 1. The van der Waals surface area contributed by atoms with Gasteiger partial charge in [0.05, 0.1) is 16.8 Å². The molecule has 2 rings (SSSR count). The maximum atomic E-state index is 12.8. The number of carbonyl (C=O) groups is 2. The van der Waals surface area contributed by atoms with Crippen molar-refractivity contribution in [3.05, 3.63) is 16.6 Å². The van der Waals surface area contributed by atoms with E-state index in [-0.39, 0.29) is 6.42 Å². The molecule has 1 amide bonds. The van der Waals surface area contributed by atoms with Gasteiger partial charge in [0.25, 0.3) is 0 Å². The van der Waals surface area contributed by atoms with Crippen LogP contribution in [0.25, 0.3) is 0 Å². The maximum absolute atomic E-state index is 12.8. The molecule has 1 aliphatic heterocycles. The summed E-state index contributed by atoms with van der Waals surface area (Å²) < 4.78 is 38.4. The van der Waals surface area contributed by atoms with Crippen molar-refractivity contribution in [1.82, 2.24) is 9.88 Å². The van der Waals surface area contributed by atoms with Crippen molar-refractivity contribution in [3.8, 4) is 0 Å². The van der Waals surface area contributed by atoms with Gasteiger partial charge in [-0.1, -0.05) is 0 Å². The largest absolute Gasteiger partial charge is 0.481 e. The highest BCUT2D eigenvalue weighted by Gasteiger charge is 2.53. The van der Waals surface area contributed by atoms with Gasteiger partial charge in [-0.3, -0.25) is 9.59 Å². The highest BCUT2D eigenvalue weighted by molar-refractivity contribution is 7.09. The third-order valence-electron chi connectivity index (χ3n) is 3.45. The lowest BCUT2D eigenvalue weighted by Crippen LogP contribution is -2.34. The Morgan fingerprint density at radius 1 is 1.43 bits per heavy atom. The zero-order valence-electron chi connectivity index (χ0n) is 10.8. The van der Waals surface area contributed by atoms with Crippen LogP contribution in [0.1, 0.15) is 11.4 Å². The fourth-order valence-corrected chi connectivity index (χ4v) is 2.96. The third kappa shape index (κ3) is 3.72. The molecular weight excluding hydrogens is 309 g/mol. The van der Waals surface area contributed by atoms with Crippen molar-refractivity contribution < 1.29 is 27.9 Å². The molecule has 1 N–H and O–H groups in total. The van der Waals surface area contributed by atoms with Crippen LogP contribution in [0.3, 0.4) is 0 Å². The molecule has 21 heavy (non-hydrogen) atoms. The van der Waals surface area contributed by atoms with E-state index in [1.54, 1.807) is 11.6 Å². The first-order chi connectivity index (χ1) is 9.79. The summed E-state index contributed by atoms with van der Waals surface area (Å²) in [6.45, 7) is -0.979. The van der Waals surface area contributed by atoms with Gasteiger partial charge in [-0.2, -0.15) is 13.2 Å². The number of aromatic nitrogens is 1. The monoisotopic (exact) mass is 322 g/mol. The van der Waals surface area contributed by atoms with E-state index in [0.717, 1.165) is 9.91 Å². The summed E-state index contributed by atoms with van der Waals surface area (Å²) in [4.78, 5) is 27.8. The minimum Gasteiger partial charge on any atom is -0.481 e. The predicted octanol–water partition coefficient (Wildman–Crippen LogP) is 1.80. The van der Waals surface area contributed by atoms with Gasteiger partial charge in [0.1, 0.15) is 0 Å². The number of rotatable bonds is 4. The molecule has 0 aliphatic carbocycles. The molecule has 1 fully saturated rings. The molecule has 116 valence electrons. The number of likely N-dealkylation sites (tertiary alicyclic amines) is 1. The van der Waals surface area contributed by atoms with Crippen LogP contribution in [0.15, 0.2) is 11.6 Å². The Morgan fingerprint density at radius 2 is 2.14 bits per heavy atom. The van der Waals surface area contributed by atoms with Crippen LogP contribution in [-0.4, -0.2) is 46.1 Å². The Morgan fingerprint density at radius 3 is 2.62 bits per heavy atom. The number of carbonyl (C=O) groups excluding carboxylic acids is 1. The number of amides is 1. The van der Waals surface area contributed by atoms with E-state index in [0.29, 0.717) is 6.42 Å². The molecule has 1 saturated heterocycles. The van der Waals surface area contributed by atoms with Gasteiger partial charge in [0.15, 0.2) is 0 Å². The van der Waals surface area contributed by atoms with Gasteiger partial charge in [0.2, 0.25) is 5.91 Å². The summed E-state index contributed by atoms with van der Waals surface area (Å²) in [6, 6.07) is 0. The molecule has 2 atom stereocenters. The van der Waals surface area contributed by atoms with Crippen LogP contribution in [0.4, 0.5) is 13.2 Å². The normalized spacial score (nSPS) is 22.5. The lowest BCUT2D eigenvalue weighted by Gasteiger charge is -2.18. The molecule has 9 heteroatoms. The molecule has 0 aromatic carbocycles. The minimum atomic E-state index is -4.62. The Balaban J connectivity index is 1.98. The zero-order valence-corrected chi connectivity index (χ0v) is 11.7. The maximum Gasteiger partial charge on any atom is 0.394 e. The Labute approximate surface area is 122 Å². The van der Waals surface area contributed by atoms with E-state index in [1.165, 1.54) is 11.3 Å². The molecule has 5 nitrogen and oxygen atoms in total. The number of aliphatic carboxylic acids is 1. The standard InChI is InChI=1S/C12H13F3N2O3S/c13-12(14,15)8-6-17(5-7(8)11(19)20)10(18)2-1-9-16-3-4-21-9/h3-4,7-8H,1-2,5-6H2,(H,19,20)/t7-,8-/m1/s1. The van der Waals surface area contributed by atoms with Gasteiger partial charge >= 0.3 is 12.1 Å². The lowest BCUT2D eigenvalue weighted by molar-refractivity contribution is -0.188. The molecular formula is C12H13F3N2O3S. The molecule has 1 aliphatic rings. The van der Waals surface area contributed by atoms with Crippen LogP contribution >= 0.6 is 11.3 Å². The Kier molecular flexibility index (Phi) is 4.50. The first-order valence-corrected chi connectivity index (χ1v) is 7.12. The Bertz CT molecular complexity index is 518. The molecule has 0 unspecified atom stereocenters. The number of nitrogens with zero attached hydrogens (tertiary/aromatic N) is 2. The first-order valence-electron chi connectivity index (χ1n) is 6.24. The average molecular weight is 322 g/mol. The highest BCUT2D eigenvalue weighted by atomic mass is 32.1. The molecule has 1 aromatic rings. The second kappa shape index (κ2) is 6.00. The van der Waals surface area contributed by atoms with Crippen molar-refractivity contribution in [3.63, 3.8) is 0 Å². The SMILES string of the molecule is O=C(O)[C@@H]1CN(C(=O)CCc2nccs2)C[C@H]1C(F)(F)F. The number of hydrogen-bond acceptors (Lipinski definition) is 4. The summed E-state index contributed by atoms with van der Waals surface area (Å²) in [6.07, 6.45) is -2.65. The summed E-state index contributed by atoms with van der Waals surface area (Å²) in [5.41, 5.74) is 0. The number of aryl methyl sites for hydroxylation is 1. The smallest absolute Gasteiger partial charge is 0.394 e. The third-order valence-corrected chi connectivity index (χ3v) is 4.29. The van der Waals surface area contributed by atoms with Crippen molar-refractivity contribution in [1.29, 1.82) is 0 Å². The van der Waals surface area contributed by atoms with E-state index in [4.69, 9.17) is 5.11 Å². The fraction of sp³-hybridized carbons (Fsp3) is 0.583. The number of thiazole rings is 1. The summed E-state index contributed by atoms with van der Waals surface area (Å²) in [5.74, 6) is -5.58. The molecule has 2 heterocycles. The molecule has 1 aromatic heterocycles. The number of hydrogen-bond donors (Lipinski definition) is 1. The van der Waals surface area contributed by atoms with Gasteiger partial charge in [-0.15, -0.1) is 11.3 Å². The quantitative estimate of drug-likeness (QED) is 0.917. The van der Waals surface area contributed by atoms with Crippen LogP contribution in [-0.2, 0) is 16.0 Å². The lowest BCUT2D eigenvalue weighted by atomic mass is 9.96. The average Bonchev–Trinajstić information content (AvgIpc) is 3.04. The molecule has 0 spiro atoms. The van der Waals surface area contributed by atoms with Gasteiger partial charge in [-0.25, -0.2) is 4.98 Å². The van der Waals surface area contributed by atoms with Crippen molar-refractivity contribution in [2.45, 2.75) is 19.0 Å². The zero-order chi connectivity index (χ0) is 15.6. The number of carboxylic acids is 1. The second-order valence-corrected chi connectivity index (χ2v) is 5.80. The predicted molar refractivity (Wildman–Crippen MR) is 67.7 cm³/mol. The van der Waals surface area contributed by atoms with Crippen molar-refractivity contribution >= 4 is 23.2 Å². The van der Waals surface area contributed by atoms with Crippen molar-refractivity contribution in [2.75, 3.05) is 13.1 Å². The van der Waals surface area contributed by atoms with Crippen LogP contribution < -0.4 is 0 Å². The molecule has 0 radical (unpaired) electrons. The van der Waals surface area contributed by atoms with Crippen molar-refractivity contribution in [2.24, 2.45) is 11.8 Å². The van der Waals surface area contributed by atoms with E-state index in [1.807, 2.05) is 0 Å². The topological polar surface area (TPSA) is 70.5 Å². The van der Waals surface area contributed by atoms with E-state index in [9.17, 15) is 22.8 Å². The Hall–Kier alpha value is -1.64. The van der Waals surface area contributed by atoms with E-state index >= 15 is 0 Å². The summed E-state index contributed by atoms with van der Waals surface area (Å²) >= 11 is 1.36. The summed E-state index contributed by atoms with van der Waals surface area (Å²) in [7, 11) is 0. The number of halogens is 3. The van der Waals surface area contributed by atoms with E-state index in [2.05, 4.69) is 4.98 Å². The second-order valence-electron chi connectivity index (χ2n) is 4.82. The van der Waals surface area contributed by atoms with E-state index < -0.39 is 43.0 Å². The van der Waals surface area contributed by atoms with Crippen LogP contribution in [0.2, 0.25) is 0 Å². The highest BCUT2D eigenvalue weighted by Crippen LogP contribution is 2.37. The van der Waals surface area contributed by atoms with Crippen LogP contribution in [0.5, 0.6) is 0 Å². The van der Waals surface area contributed by atoms with Gasteiger partial charge in [-0.05, 0) is 0 Å². The van der Waals surface area contributed by atoms with Crippen LogP contribution in [0, 0.1) is 11.8 Å². The first kappa shape index (κ1) is 15.7.